The molecule has 1 nitrogen and oxygen atoms in total. The van der Waals surface area contributed by atoms with Crippen molar-refractivity contribution in [1.29, 1.82) is 0 Å². The van der Waals surface area contributed by atoms with Crippen LogP contribution in [0, 0.1) is 5.41 Å². The summed E-state index contributed by atoms with van der Waals surface area (Å²) < 4.78 is 0. The number of rotatable bonds is 5. The Morgan fingerprint density at radius 1 is 1.57 bits per heavy atom. The molecule has 0 aliphatic carbocycles. The second-order valence-corrected chi connectivity index (χ2v) is 7.69. The van der Waals surface area contributed by atoms with E-state index >= 15 is 0 Å². The molecule has 0 bridgehead atoms. The number of carbonyl (C=O) groups is 1. The van der Waals surface area contributed by atoms with Crippen LogP contribution in [-0.4, -0.2) is 21.5 Å². The van der Waals surface area contributed by atoms with Gasteiger partial charge in [0.05, 0.1) is 0 Å². The Kier molecular flexibility index (Phi) is 4.40. The summed E-state index contributed by atoms with van der Waals surface area (Å²) in [4.78, 5) is 12.8. The second kappa shape index (κ2) is 5.13. The van der Waals surface area contributed by atoms with Crippen LogP contribution in [0.1, 0.15) is 25.6 Å². The van der Waals surface area contributed by atoms with Crippen molar-refractivity contribution in [2.75, 3.05) is 0 Å². The van der Waals surface area contributed by atoms with Crippen molar-refractivity contribution in [3.63, 3.8) is 0 Å². The Balaban J connectivity index is 2.31. The molecular formula is C11H17AsOS. The standard InChI is InChI=1S/C11H17AsOS/c1-9(13)11(2,3)8-12-7-10-5-4-6-14-10/h4-6,12H,7-8H2,1-3H3. The predicted molar refractivity (Wildman–Crippen MR) is 64.4 cm³/mol. The van der Waals surface area contributed by atoms with E-state index < -0.39 is 0 Å². The van der Waals surface area contributed by atoms with E-state index in [0.29, 0.717) is 5.78 Å². The Morgan fingerprint density at radius 2 is 2.29 bits per heavy atom. The zero-order valence-electron chi connectivity index (χ0n) is 8.96. The van der Waals surface area contributed by atoms with Crippen molar-refractivity contribution in [1.82, 2.24) is 0 Å². The van der Waals surface area contributed by atoms with Crippen LogP contribution >= 0.6 is 11.3 Å². The molecule has 1 aromatic heterocycles. The third-order valence-corrected chi connectivity index (χ3v) is 7.52. The molecular weight excluding hydrogens is 255 g/mol. The zero-order chi connectivity index (χ0) is 10.6. The molecule has 1 aromatic rings. The van der Waals surface area contributed by atoms with E-state index in [0.717, 1.165) is 5.21 Å². The van der Waals surface area contributed by atoms with Crippen LogP contribution in [0.2, 0.25) is 5.21 Å². The van der Waals surface area contributed by atoms with Crippen molar-refractivity contribution in [2.45, 2.75) is 31.2 Å². The third kappa shape index (κ3) is 3.59. The second-order valence-electron chi connectivity index (χ2n) is 4.12. The van der Waals surface area contributed by atoms with E-state index in [9.17, 15) is 4.79 Å². The van der Waals surface area contributed by atoms with Gasteiger partial charge in [-0.25, -0.2) is 0 Å². The maximum absolute atomic E-state index is 11.3. The first-order valence-corrected chi connectivity index (χ1v) is 8.61. The van der Waals surface area contributed by atoms with Crippen molar-refractivity contribution < 1.29 is 4.79 Å². The summed E-state index contributed by atoms with van der Waals surface area (Å²) >= 11 is 1.84. The van der Waals surface area contributed by atoms with Crippen molar-refractivity contribution >= 4 is 32.9 Å². The van der Waals surface area contributed by atoms with Gasteiger partial charge in [-0.2, -0.15) is 0 Å². The molecule has 0 saturated heterocycles. The minimum absolute atomic E-state index is 0.00690. The van der Waals surface area contributed by atoms with Crippen LogP contribution in [0.3, 0.4) is 0 Å². The Labute approximate surface area is 96.6 Å². The molecule has 1 atom stereocenters. The van der Waals surface area contributed by atoms with Crippen molar-refractivity contribution in [2.24, 2.45) is 5.41 Å². The summed E-state index contributed by atoms with van der Waals surface area (Å²) in [6.45, 7) is 5.83. The van der Waals surface area contributed by atoms with Crippen molar-refractivity contribution in [3.8, 4) is 0 Å². The fourth-order valence-electron chi connectivity index (χ4n) is 1.04. The molecule has 0 radical (unpaired) electrons. The summed E-state index contributed by atoms with van der Waals surface area (Å²) in [5.41, 5.74) is -0.0861. The molecule has 0 aromatic carbocycles. The maximum atomic E-state index is 11.3. The quantitative estimate of drug-likeness (QED) is 0.753. The van der Waals surface area contributed by atoms with Gasteiger partial charge in [0.1, 0.15) is 0 Å². The van der Waals surface area contributed by atoms with Gasteiger partial charge in [-0.1, -0.05) is 0 Å². The van der Waals surface area contributed by atoms with E-state index in [-0.39, 0.29) is 21.2 Å². The van der Waals surface area contributed by atoms with Crippen LogP contribution in [-0.2, 0) is 10.0 Å². The van der Waals surface area contributed by atoms with Crippen LogP contribution < -0.4 is 0 Å². The number of ketones is 1. The van der Waals surface area contributed by atoms with Gasteiger partial charge >= 0.3 is 96.7 Å². The molecule has 78 valence electrons. The molecule has 0 N–H and O–H groups in total. The van der Waals surface area contributed by atoms with Crippen LogP contribution in [0.5, 0.6) is 0 Å². The first-order chi connectivity index (χ1) is 6.52. The van der Waals surface area contributed by atoms with E-state index in [1.165, 1.54) is 10.1 Å². The van der Waals surface area contributed by atoms with E-state index in [1.807, 2.05) is 11.3 Å². The number of carbonyl (C=O) groups excluding carboxylic acids is 1. The molecule has 1 unspecified atom stereocenters. The van der Waals surface area contributed by atoms with Crippen LogP contribution in [0.25, 0.3) is 0 Å². The molecule has 0 amide bonds. The van der Waals surface area contributed by atoms with Gasteiger partial charge in [-0.05, 0) is 0 Å². The fourth-order valence-corrected chi connectivity index (χ4v) is 5.52. The summed E-state index contributed by atoms with van der Waals surface area (Å²) in [6.07, 6.45) is 0. The van der Waals surface area contributed by atoms with Gasteiger partial charge in [0.15, 0.2) is 0 Å². The molecule has 0 saturated carbocycles. The fraction of sp³-hybridized carbons (Fsp3) is 0.545. The molecule has 0 aliphatic heterocycles. The number of hydrogen-bond donors (Lipinski definition) is 0. The molecule has 14 heavy (non-hydrogen) atoms. The molecule has 0 fully saturated rings. The molecule has 1 heterocycles. The summed E-state index contributed by atoms with van der Waals surface area (Å²) in [6, 6.07) is 4.29. The minimum atomic E-state index is -0.0861. The van der Waals surface area contributed by atoms with Gasteiger partial charge in [-0.3, -0.25) is 0 Å². The van der Waals surface area contributed by atoms with Gasteiger partial charge in [0.25, 0.3) is 0 Å². The van der Waals surface area contributed by atoms with Crippen molar-refractivity contribution in [3.05, 3.63) is 22.4 Å². The number of thiophene rings is 1. The van der Waals surface area contributed by atoms with Crippen LogP contribution in [0.4, 0.5) is 0 Å². The van der Waals surface area contributed by atoms with Gasteiger partial charge in [0.2, 0.25) is 0 Å². The topological polar surface area (TPSA) is 17.1 Å². The third-order valence-electron chi connectivity index (χ3n) is 2.40. The van der Waals surface area contributed by atoms with E-state index in [1.54, 1.807) is 6.92 Å². The zero-order valence-corrected chi connectivity index (χ0v) is 11.9. The first-order valence-electron chi connectivity index (χ1n) is 4.76. The number of Topliss-reactive ketones (excluding diaryl/α,β-unsaturated/α-hetero) is 1. The molecule has 3 heteroatoms. The molecule has 0 aliphatic rings. The predicted octanol–water partition coefficient (Wildman–Crippen LogP) is 2.72. The average molecular weight is 272 g/mol. The summed E-state index contributed by atoms with van der Waals surface area (Å²) in [7, 11) is 0. The van der Waals surface area contributed by atoms with E-state index in [2.05, 4.69) is 31.4 Å². The van der Waals surface area contributed by atoms with Crippen LogP contribution in [0.15, 0.2) is 17.5 Å². The SMILES string of the molecule is CC(=O)C(C)(C)C[AsH]Cc1cccs1. The van der Waals surface area contributed by atoms with Gasteiger partial charge in [-0.15, -0.1) is 0 Å². The van der Waals surface area contributed by atoms with Gasteiger partial charge in [0, 0.05) is 0 Å². The van der Waals surface area contributed by atoms with Gasteiger partial charge < -0.3 is 0 Å². The monoisotopic (exact) mass is 272 g/mol. The first kappa shape index (κ1) is 12.0. The van der Waals surface area contributed by atoms with E-state index in [4.69, 9.17) is 0 Å². The average Bonchev–Trinajstić information content (AvgIpc) is 2.56. The Morgan fingerprint density at radius 3 is 2.79 bits per heavy atom. The normalized spacial score (nSPS) is 12.5. The number of hydrogen-bond acceptors (Lipinski definition) is 2. The molecule has 0 spiro atoms. The summed E-state index contributed by atoms with van der Waals surface area (Å²) in [5, 5.41) is 4.46. The summed E-state index contributed by atoms with van der Waals surface area (Å²) in [5.74, 6) is 0.326. The Bertz CT molecular complexity index is 290. The molecule has 1 rings (SSSR count). The Hall–Kier alpha value is -0.0716.